The molecule has 1 aromatic rings. The molecule has 0 saturated carbocycles. The third-order valence-electron chi connectivity index (χ3n) is 5.82. The zero-order valence-corrected chi connectivity index (χ0v) is 19.3. The van der Waals surface area contributed by atoms with Crippen molar-refractivity contribution in [1.29, 1.82) is 0 Å². The van der Waals surface area contributed by atoms with E-state index in [2.05, 4.69) is 17.6 Å². The minimum absolute atomic E-state index is 0.0249. The molecule has 1 aromatic carbocycles. The van der Waals surface area contributed by atoms with Crippen LogP contribution in [0, 0.1) is 0 Å². The fourth-order valence-electron chi connectivity index (χ4n) is 3.91. The van der Waals surface area contributed by atoms with Gasteiger partial charge >= 0.3 is 12.4 Å². The molecule has 0 bridgehead atoms. The van der Waals surface area contributed by atoms with Gasteiger partial charge in [0.2, 0.25) is 5.91 Å². The number of alkyl halides is 6. The van der Waals surface area contributed by atoms with Crippen molar-refractivity contribution in [3.05, 3.63) is 34.9 Å². The molecule has 0 aliphatic carbocycles. The van der Waals surface area contributed by atoms with Gasteiger partial charge in [0.05, 0.1) is 23.8 Å². The van der Waals surface area contributed by atoms with Crippen LogP contribution in [0.3, 0.4) is 0 Å². The molecule has 194 valence electrons. The molecule has 2 N–H and O–H groups in total. The van der Waals surface area contributed by atoms with E-state index in [0.717, 1.165) is 25.7 Å². The van der Waals surface area contributed by atoms with E-state index >= 15 is 0 Å². The first-order valence-electron chi connectivity index (χ1n) is 11.4. The average Bonchev–Trinajstić information content (AvgIpc) is 2.78. The first-order chi connectivity index (χ1) is 15.9. The van der Waals surface area contributed by atoms with Crippen molar-refractivity contribution in [2.45, 2.75) is 82.5 Å². The van der Waals surface area contributed by atoms with E-state index < -0.39 is 35.9 Å². The molecule has 34 heavy (non-hydrogen) atoms. The van der Waals surface area contributed by atoms with Crippen molar-refractivity contribution in [3.63, 3.8) is 0 Å². The quantitative estimate of drug-likeness (QED) is 0.418. The zero-order chi connectivity index (χ0) is 25.4. The van der Waals surface area contributed by atoms with Crippen LogP contribution in [0.2, 0.25) is 0 Å². The molecule has 1 fully saturated rings. The molecule has 1 saturated heterocycles. The van der Waals surface area contributed by atoms with Crippen molar-refractivity contribution in [2.24, 2.45) is 0 Å². The predicted molar refractivity (Wildman–Crippen MR) is 114 cm³/mol. The molecule has 3 atom stereocenters. The minimum atomic E-state index is -4.93. The number of carbonyl (C=O) groups is 1. The number of hydrogen-bond donors (Lipinski definition) is 2. The Kier molecular flexibility index (Phi) is 10.6. The van der Waals surface area contributed by atoms with E-state index in [0.29, 0.717) is 31.8 Å². The highest BCUT2D eigenvalue weighted by Crippen LogP contribution is 2.36. The van der Waals surface area contributed by atoms with Gasteiger partial charge in [-0.25, -0.2) is 0 Å². The standard InChI is InChI=1S/C23H32F6N2O3/c1-3-4-5-18(31-19-8-9-34-14-20(19)33-2)6-7-21(32)30-13-15-10-16(22(24,25)26)12-17(11-15)23(27,28)29/h10-12,18-20,31H,3-9,13-14H2,1-2H3,(H,30,32). The Labute approximate surface area is 195 Å². The maximum atomic E-state index is 13.0. The predicted octanol–water partition coefficient (Wildman–Crippen LogP) is 5.07. The topological polar surface area (TPSA) is 59.6 Å². The first kappa shape index (κ1) is 28.4. The molecule has 0 spiro atoms. The molecule has 1 aliphatic heterocycles. The number of nitrogens with one attached hydrogen (secondary N) is 2. The van der Waals surface area contributed by atoms with Gasteiger partial charge < -0.3 is 20.1 Å². The maximum Gasteiger partial charge on any atom is 0.416 e. The number of methoxy groups -OCH3 is 1. The monoisotopic (exact) mass is 498 g/mol. The Morgan fingerprint density at radius 1 is 1.12 bits per heavy atom. The van der Waals surface area contributed by atoms with Crippen molar-refractivity contribution in [2.75, 3.05) is 20.3 Å². The molecule has 0 radical (unpaired) electrons. The highest BCUT2D eigenvalue weighted by atomic mass is 19.4. The van der Waals surface area contributed by atoms with Crippen LogP contribution in [0.15, 0.2) is 18.2 Å². The van der Waals surface area contributed by atoms with Gasteiger partial charge in [0, 0.05) is 38.8 Å². The molecular formula is C23H32F6N2O3. The van der Waals surface area contributed by atoms with E-state index in [1.165, 1.54) is 0 Å². The molecule has 0 aromatic heterocycles. The molecule has 3 unspecified atom stereocenters. The van der Waals surface area contributed by atoms with E-state index in [4.69, 9.17) is 9.47 Å². The lowest BCUT2D eigenvalue weighted by atomic mass is 9.99. The Balaban J connectivity index is 1.97. The SMILES string of the molecule is CCCCC(CCC(=O)NCc1cc(C(F)(F)F)cc(C(F)(F)F)c1)NC1CCOCC1OC. The van der Waals surface area contributed by atoms with Gasteiger partial charge in [-0.15, -0.1) is 0 Å². The lowest BCUT2D eigenvalue weighted by molar-refractivity contribution is -0.143. The number of ether oxygens (including phenoxy) is 2. The fraction of sp³-hybridized carbons (Fsp3) is 0.696. The van der Waals surface area contributed by atoms with Gasteiger partial charge in [-0.3, -0.25) is 4.79 Å². The summed E-state index contributed by atoms with van der Waals surface area (Å²) in [4.78, 5) is 12.3. The lowest BCUT2D eigenvalue weighted by Gasteiger charge is -2.34. The molecular weight excluding hydrogens is 466 g/mol. The van der Waals surface area contributed by atoms with Crippen molar-refractivity contribution in [1.82, 2.24) is 10.6 Å². The lowest BCUT2D eigenvalue weighted by Crippen LogP contribution is -2.51. The largest absolute Gasteiger partial charge is 0.416 e. The molecule has 2 rings (SSSR count). The highest BCUT2D eigenvalue weighted by molar-refractivity contribution is 5.75. The fourth-order valence-corrected chi connectivity index (χ4v) is 3.91. The van der Waals surface area contributed by atoms with Gasteiger partial charge in [0.15, 0.2) is 0 Å². The summed E-state index contributed by atoms with van der Waals surface area (Å²) in [5, 5.41) is 5.98. The number of rotatable bonds is 11. The summed E-state index contributed by atoms with van der Waals surface area (Å²) >= 11 is 0. The van der Waals surface area contributed by atoms with Crippen LogP contribution in [0.25, 0.3) is 0 Å². The second-order valence-electron chi connectivity index (χ2n) is 8.48. The number of amides is 1. The smallest absolute Gasteiger partial charge is 0.379 e. The highest BCUT2D eigenvalue weighted by Gasteiger charge is 2.37. The zero-order valence-electron chi connectivity index (χ0n) is 19.3. The summed E-state index contributed by atoms with van der Waals surface area (Å²) in [6.07, 6.45) is -5.86. The maximum absolute atomic E-state index is 13.0. The number of carbonyl (C=O) groups excluding carboxylic acids is 1. The Morgan fingerprint density at radius 2 is 1.76 bits per heavy atom. The van der Waals surface area contributed by atoms with E-state index in [1.54, 1.807) is 7.11 Å². The summed E-state index contributed by atoms with van der Waals surface area (Å²) in [6, 6.07) is 1.42. The van der Waals surface area contributed by atoms with Gasteiger partial charge in [-0.05, 0) is 43.0 Å². The normalized spacial score (nSPS) is 20.2. The summed E-state index contributed by atoms with van der Waals surface area (Å²) in [5.74, 6) is -0.440. The Bertz CT molecular complexity index is 753. The average molecular weight is 499 g/mol. The van der Waals surface area contributed by atoms with Crippen molar-refractivity contribution < 1.29 is 40.6 Å². The van der Waals surface area contributed by atoms with Gasteiger partial charge in [0.25, 0.3) is 0 Å². The third kappa shape index (κ3) is 9.07. The molecule has 11 heteroatoms. The second-order valence-corrected chi connectivity index (χ2v) is 8.48. The summed E-state index contributed by atoms with van der Waals surface area (Å²) in [6.45, 7) is 2.71. The second kappa shape index (κ2) is 12.7. The van der Waals surface area contributed by atoms with E-state index in [1.807, 2.05) is 0 Å². The third-order valence-corrected chi connectivity index (χ3v) is 5.82. The molecule has 1 heterocycles. The van der Waals surface area contributed by atoms with Crippen LogP contribution in [0.4, 0.5) is 26.3 Å². The number of unbranched alkanes of at least 4 members (excludes halogenated alkanes) is 1. The van der Waals surface area contributed by atoms with Crippen LogP contribution in [0.5, 0.6) is 0 Å². The van der Waals surface area contributed by atoms with Gasteiger partial charge in [-0.2, -0.15) is 26.3 Å². The van der Waals surface area contributed by atoms with Crippen LogP contribution >= 0.6 is 0 Å². The molecule has 1 amide bonds. The summed E-state index contributed by atoms with van der Waals surface area (Å²) in [7, 11) is 1.61. The van der Waals surface area contributed by atoms with E-state index in [9.17, 15) is 31.1 Å². The molecule has 5 nitrogen and oxygen atoms in total. The van der Waals surface area contributed by atoms with Crippen LogP contribution in [-0.2, 0) is 33.2 Å². The van der Waals surface area contributed by atoms with Gasteiger partial charge in [0.1, 0.15) is 0 Å². The summed E-state index contributed by atoms with van der Waals surface area (Å²) < 4.78 is 89.0. The summed E-state index contributed by atoms with van der Waals surface area (Å²) in [5.41, 5.74) is -3.07. The van der Waals surface area contributed by atoms with E-state index in [-0.39, 0.29) is 36.2 Å². The Hall–Kier alpha value is -1.85. The van der Waals surface area contributed by atoms with Crippen LogP contribution in [-0.4, -0.2) is 44.4 Å². The van der Waals surface area contributed by atoms with Gasteiger partial charge in [-0.1, -0.05) is 19.8 Å². The van der Waals surface area contributed by atoms with Crippen LogP contribution in [0.1, 0.15) is 62.1 Å². The number of hydrogen-bond acceptors (Lipinski definition) is 4. The number of halogens is 6. The van der Waals surface area contributed by atoms with Crippen LogP contribution < -0.4 is 10.6 Å². The van der Waals surface area contributed by atoms with Crippen molar-refractivity contribution >= 4 is 5.91 Å². The number of benzene rings is 1. The van der Waals surface area contributed by atoms with Crippen molar-refractivity contribution in [3.8, 4) is 0 Å². The minimum Gasteiger partial charge on any atom is -0.379 e. The molecule has 1 aliphatic rings. The first-order valence-corrected chi connectivity index (χ1v) is 11.4. The Morgan fingerprint density at radius 3 is 2.32 bits per heavy atom.